The first-order valence-electron chi connectivity index (χ1n) is 10.4. The molecule has 0 fully saturated rings. The van der Waals surface area contributed by atoms with Gasteiger partial charge in [0.2, 0.25) is 0 Å². The van der Waals surface area contributed by atoms with Crippen LogP contribution in [-0.2, 0) is 18.5 Å². The number of rotatable bonds is 2. The van der Waals surface area contributed by atoms with Gasteiger partial charge in [0.05, 0.1) is 23.0 Å². The Morgan fingerprint density at radius 1 is 0.568 bits per heavy atom. The molecule has 2 aromatic heterocycles. The average Bonchev–Trinajstić information content (AvgIpc) is 3.34. The molecule has 0 spiro atoms. The van der Waals surface area contributed by atoms with E-state index in [0.717, 1.165) is 0 Å². The monoisotopic (exact) mass is 526 g/mol. The van der Waals surface area contributed by atoms with Gasteiger partial charge in [-0.25, -0.2) is 0 Å². The lowest BCUT2D eigenvalue weighted by Crippen LogP contribution is -2.18. The molecule has 37 heavy (non-hydrogen) atoms. The van der Waals surface area contributed by atoms with Crippen LogP contribution in [0.25, 0.3) is 44.3 Å². The first kappa shape index (κ1) is 24.6. The largest absolute Gasteiger partial charge is 0.463 e. The van der Waals surface area contributed by atoms with Gasteiger partial charge in [0.15, 0.2) is 5.76 Å². The molecule has 0 aliphatic carbocycles. The lowest BCUT2D eigenvalue weighted by atomic mass is 9.90. The fraction of sp³-hybridized carbons (Fsp3) is 0.120. The van der Waals surface area contributed by atoms with Crippen molar-refractivity contribution >= 4 is 21.5 Å². The third kappa shape index (κ3) is 4.36. The predicted octanol–water partition coefficient (Wildman–Crippen LogP) is 8.77. The van der Waals surface area contributed by atoms with E-state index >= 15 is 0 Å². The van der Waals surface area contributed by atoms with Crippen LogP contribution in [0.3, 0.4) is 0 Å². The fourth-order valence-corrected chi connectivity index (χ4v) is 4.13. The third-order valence-corrected chi connectivity index (χ3v) is 5.71. The minimum Gasteiger partial charge on any atom is -0.463 e. The number of hydrogen-bond donors (Lipinski definition) is 0. The minimum atomic E-state index is -5.58. The number of nitrogens with zero attached hydrogens (tertiary/aromatic N) is 2. The van der Waals surface area contributed by atoms with Crippen LogP contribution in [0.1, 0.15) is 16.7 Å². The lowest BCUT2D eigenvalue weighted by Gasteiger charge is -2.22. The van der Waals surface area contributed by atoms with E-state index in [0.29, 0.717) is 10.8 Å². The molecule has 0 radical (unpaired) electrons. The van der Waals surface area contributed by atoms with E-state index in [1.54, 1.807) is 24.3 Å². The average molecular weight is 526 g/mol. The summed E-state index contributed by atoms with van der Waals surface area (Å²) in [6.07, 6.45) is -15.3. The summed E-state index contributed by atoms with van der Waals surface area (Å²) >= 11 is 0. The first-order valence-corrected chi connectivity index (χ1v) is 10.4. The van der Waals surface area contributed by atoms with Gasteiger partial charge >= 0.3 is 18.5 Å². The van der Waals surface area contributed by atoms with Gasteiger partial charge in [-0.3, -0.25) is 0 Å². The molecule has 5 aromatic rings. The van der Waals surface area contributed by atoms with Crippen molar-refractivity contribution in [3.63, 3.8) is 0 Å². The normalized spacial score (nSPS) is 13.0. The Kier molecular flexibility index (Phi) is 5.46. The molecule has 12 heteroatoms. The summed E-state index contributed by atoms with van der Waals surface area (Å²) < 4.78 is 129. The molecule has 5 rings (SSSR count). The molecule has 3 nitrogen and oxygen atoms in total. The molecule has 0 N–H and O–H groups in total. The fourth-order valence-electron chi connectivity index (χ4n) is 4.13. The van der Waals surface area contributed by atoms with Crippen LogP contribution in [0.2, 0.25) is 0 Å². The van der Waals surface area contributed by atoms with Gasteiger partial charge in [0.25, 0.3) is 0 Å². The van der Waals surface area contributed by atoms with Crippen LogP contribution < -0.4 is 0 Å². The van der Waals surface area contributed by atoms with Crippen molar-refractivity contribution < 1.29 is 43.9 Å². The first-order chi connectivity index (χ1) is 17.2. The Labute approximate surface area is 201 Å². The molecular weight excluding hydrogens is 515 g/mol. The number of fused-ring (bicyclic) bond motifs is 2. The van der Waals surface area contributed by atoms with Gasteiger partial charge in [-0.15, -0.1) is 10.2 Å². The van der Waals surface area contributed by atoms with E-state index in [1.165, 1.54) is 30.5 Å². The van der Waals surface area contributed by atoms with Crippen LogP contribution >= 0.6 is 0 Å². The predicted molar refractivity (Wildman–Crippen MR) is 115 cm³/mol. The van der Waals surface area contributed by atoms with E-state index in [4.69, 9.17) is 4.42 Å². The van der Waals surface area contributed by atoms with E-state index in [2.05, 4.69) is 10.2 Å². The zero-order valence-corrected chi connectivity index (χ0v) is 18.1. The number of halogens is 9. The van der Waals surface area contributed by atoms with Crippen molar-refractivity contribution in [2.45, 2.75) is 18.5 Å². The van der Waals surface area contributed by atoms with Gasteiger partial charge in [-0.05, 0) is 47.2 Å². The van der Waals surface area contributed by atoms with Crippen LogP contribution in [-0.4, -0.2) is 10.2 Å². The molecule has 0 aliphatic heterocycles. The highest BCUT2D eigenvalue weighted by atomic mass is 19.4. The van der Waals surface area contributed by atoms with Gasteiger partial charge in [0, 0.05) is 16.3 Å². The molecule has 3 aromatic carbocycles. The topological polar surface area (TPSA) is 38.9 Å². The number of aromatic nitrogens is 2. The Morgan fingerprint density at radius 2 is 1.08 bits per heavy atom. The minimum absolute atomic E-state index is 0.0310. The van der Waals surface area contributed by atoms with Crippen LogP contribution in [0, 0.1) is 0 Å². The molecular formula is C25H11F9N2O. The quantitative estimate of drug-likeness (QED) is 0.171. The molecule has 0 bridgehead atoms. The van der Waals surface area contributed by atoms with Crippen LogP contribution in [0.5, 0.6) is 0 Å². The summed E-state index contributed by atoms with van der Waals surface area (Å²) in [4.78, 5) is 0. The second kappa shape index (κ2) is 8.22. The van der Waals surface area contributed by atoms with Crippen LogP contribution in [0.15, 0.2) is 71.3 Å². The van der Waals surface area contributed by atoms with Gasteiger partial charge in [-0.2, -0.15) is 39.5 Å². The third-order valence-electron chi connectivity index (χ3n) is 5.71. The lowest BCUT2D eigenvalue weighted by molar-refractivity contribution is -0.147. The van der Waals surface area contributed by atoms with E-state index in [1.807, 2.05) is 0 Å². The van der Waals surface area contributed by atoms with Crippen molar-refractivity contribution in [3.8, 4) is 22.7 Å². The summed E-state index contributed by atoms with van der Waals surface area (Å²) in [6.45, 7) is 0. The van der Waals surface area contributed by atoms with Crippen molar-refractivity contribution in [1.29, 1.82) is 0 Å². The summed E-state index contributed by atoms with van der Waals surface area (Å²) in [6, 6.07) is 11.6. The molecule has 0 amide bonds. The Balaban J connectivity index is 1.97. The molecule has 0 unspecified atom stereocenters. The van der Waals surface area contributed by atoms with Crippen molar-refractivity contribution in [1.82, 2.24) is 10.2 Å². The summed E-state index contributed by atoms with van der Waals surface area (Å²) in [5, 5.41) is 8.48. The number of benzene rings is 3. The maximum absolute atomic E-state index is 14.0. The Hall–Kier alpha value is -4.09. The number of hydrogen-bond acceptors (Lipinski definition) is 3. The second-order valence-electron chi connectivity index (χ2n) is 8.06. The molecule has 0 atom stereocenters. The summed E-state index contributed by atoms with van der Waals surface area (Å²) in [7, 11) is 0. The molecule has 0 saturated heterocycles. The molecule has 0 saturated carbocycles. The van der Waals surface area contributed by atoms with Gasteiger partial charge in [0.1, 0.15) is 11.4 Å². The zero-order valence-electron chi connectivity index (χ0n) is 18.1. The SMILES string of the molecule is FC(F)(F)c1cc(C(F)(F)F)c(-c2nnc(-c3ccco3)c3cc4ccccc4cc23)c(C(F)(F)F)c1. The van der Waals surface area contributed by atoms with E-state index in [9.17, 15) is 39.5 Å². The molecule has 2 heterocycles. The smallest absolute Gasteiger partial charge is 0.417 e. The highest BCUT2D eigenvalue weighted by molar-refractivity contribution is 6.08. The van der Waals surface area contributed by atoms with E-state index < -0.39 is 46.5 Å². The second-order valence-corrected chi connectivity index (χ2v) is 8.06. The van der Waals surface area contributed by atoms with Crippen molar-refractivity contribution in [2.75, 3.05) is 0 Å². The highest BCUT2D eigenvalue weighted by Gasteiger charge is 2.45. The summed E-state index contributed by atoms with van der Waals surface area (Å²) in [5.41, 5.74) is -8.75. The van der Waals surface area contributed by atoms with Crippen LogP contribution in [0.4, 0.5) is 39.5 Å². The Bertz CT molecular complexity index is 1600. The van der Waals surface area contributed by atoms with Gasteiger partial charge in [-0.1, -0.05) is 24.3 Å². The molecule has 190 valence electrons. The maximum Gasteiger partial charge on any atom is 0.417 e. The van der Waals surface area contributed by atoms with Crippen molar-refractivity contribution in [2.24, 2.45) is 0 Å². The van der Waals surface area contributed by atoms with Gasteiger partial charge < -0.3 is 4.42 Å². The number of furan rings is 1. The van der Waals surface area contributed by atoms with E-state index in [-0.39, 0.29) is 34.4 Å². The maximum atomic E-state index is 14.0. The Morgan fingerprint density at radius 3 is 1.54 bits per heavy atom. The number of alkyl halides is 9. The highest BCUT2D eigenvalue weighted by Crippen LogP contribution is 2.49. The van der Waals surface area contributed by atoms with Crippen molar-refractivity contribution in [3.05, 3.63) is 83.6 Å². The standard InChI is InChI=1S/C25H11F9N2O/c26-23(27,28)14-10-17(24(29,30)31)20(18(11-14)25(32,33)34)22-16-9-13-5-2-1-4-12(13)8-15(16)21(35-36-22)19-6-3-7-37-19/h1-11H. The summed E-state index contributed by atoms with van der Waals surface area (Å²) in [5.74, 6) is 0.138. The molecule has 0 aliphatic rings. The zero-order chi connectivity index (χ0) is 26.8.